The molecule has 0 spiro atoms. The summed E-state index contributed by atoms with van der Waals surface area (Å²) in [5.74, 6) is 1.85. The van der Waals surface area contributed by atoms with E-state index in [4.69, 9.17) is 37.1 Å². The number of benzene rings is 2. The summed E-state index contributed by atoms with van der Waals surface area (Å²) < 4.78 is 16.6. The molecule has 7 nitrogen and oxygen atoms in total. The Morgan fingerprint density at radius 1 is 1.03 bits per heavy atom. The van der Waals surface area contributed by atoms with Crippen LogP contribution in [0.5, 0.6) is 11.5 Å². The lowest BCUT2D eigenvalue weighted by Crippen LogP contribution is -2.28. The molecule has 3 heterocycles. The minimum absolute atomic E-state index is 0.0808. The molecule has 3 aromatic rings. The molecule has 0 aliphatic carbocycles. The molecule has 5 rings (SSSR count). The van der Waals surface area contributed by atoms with Gasteiger partial charge in [0.15, 0.2) is 17.2 Å². The minimum atomic E-state index is -0.0808. The van der Waals surface area contributed by atoms with Gasteiger partial charge in [0.1, 0.15) is 6.26 Å². The number of ether oxygens (including phenoxy) is 2. The van der Waals surface area contributed by atoms with Crippen molar-refractivity contribution >= 4 is 29.1 Å². The van der Waals surface area contributed by atoms with Gasteiger partial charge in [-0.1, -0.05) is 41.4 Å². The van der Waals surface area contributed by atoms with Gasteiger partial charge in [-0.3, -0.25) is 9.69 Å². The summed E-state index contributed by atoms with van der Waals surface area (Å²) in [5, 5.41) is 1.03. The normalized spacial score (nSPS) is 14.9. The third-order valence-corrected chi connectivity index (χ3v) is 6.65. The molecule has 0 radical (unpaired) electrons. The fourth-order valence-corrected chi connectivity index (χ4v) is 4.51. The molecule has 1 fully saturated rings. The van der Waals surface area contributed by atoms with Gasteiger partial charge in [-0.2, -0.15) is 0 Å². The number of aromatic nitrogens is 1. The van der Waals surface area contributed by atoms with Gasteiger partial charge in [0.25, 0.3) is 5.91 Å². The highest BCUT2D eigenvalue weighted by atomic mass is 35.5. The molecule has 0 bridgehead atoms. The summed E-state index contributed by atoms with van der Waals surface area (Å²) in [6, 6.07) is 11.4. The average molecular weight is 488 g/mol. The van der Waals surface area contributed by atoms with E-state index in [1.54, 1.807) is 6.07 Å². The zero-order valence-electron chi connectivity index (χ0n) is 17.9. The quantitative estimate of drug-likeness (QED) is 0.459. The molecule has 0 saturated carbocycles. The number of carbonyl (C=O) groups is 1. The summed E-state index contributed by atoms with van der Waals surface area (Å²) in [7, 11) is 0. The lowest BCUT2D eigenvalue weighted by molar-refractivity contribution is 0.0787. The van der Waals surface area contributed by atoms with Crippen LogP contribution in [0.2, 0.25) is 10.0 Å². The Kier molecular flexibility index (Phi) is 6.44. The maximum absolute atomic E-state index is 12.7. The van der Waals surface area contributed by atoms with Crippen molar-refractivity contribution in [3.63, 3.8) is 0 Å². The molecule has 172 valence electrons. The van der Waals surface area contributed by atoms with E-state index < -0.39 is 0 Å². The maximum Gasteiger partial charge on any atom is 0.275 e. The first-order valence-corrected chi connectivity index (χ1v) is 11.6. The minimum Gasteiger partial charge on any atom is -0.454 e. The van der Waals surface area contributed by atoms with E-state index in [-0.39, 0.29) is 12.7 Å². The number of hydrogen-bond donors (Lipinski definition) is 0. The van der Waals surface area contributed by atoms with Crippen LogP contribution in [-0.4, -0.2) is 40.6 Å². The van der Waals surface area contributed by atoms with Crippen molar-refractivity contribution < 1.29 is 18.7 Å². The number of fused-ring (bicyclic) bond motifs is 1. The van der Waals surface area contributed by atoms with Gasteiger partial charge in [-0.15, -0.1) is 0 Å². The van der Waals surface area contributed by atoms with E-state index in [1.807, 2.05) is 35.2 Å². The third kappa shape index (κ3) is 4.95. The third-order valence-electron chi connectivity index (χ3n) is 5.79. The van der Waals surface area contributed by atoms with Crippen LogP contribution >= 0.6 is 23.2 Å². The van der Waals surface area contributed by atoms with E-state index >= 15 is 0 Å². The Labute approximate surface area is 201 Å². The van der Waals surface area contributed by atoms with Crippen LogP contribution in [0, 0.1) is 0 Å². The van der Waals surface area contributed by atoms with Crippen molar-refractivity contribution in [3.8, 4) is 11.5 Å². The van der Waals surface area contributed by atoms with Crippen LogP contribution in [0.1, 0.15) is 40.3 Å². The van der Waals surface area contributed by atoms with Gasteiger partial charge >= 0.3 is 0 Å². The monoisotopic (exact) mass is 487 g/mol. The van der Waals surface area contributed by atoms with Gasteiger partial charge in [-0.25, -0.2) is 4.98 Å². The molecule has 2 aliphatic heterocycles. The summed E-state index contributed by atoms with van der Waals surface area (Å²) >= 11 is 12.7. The van der Waals surface area contributed by atoms with Gasteiger partial charge in [0.05, 0.1) is 16.6 Å². The molecule has 2 aliphatic rings. The number of nitrogens with zero attached hydrogens (tertiary/aromatic N) is 3. The lowest BCUT2D eigenvalue weighted by atomic mass is 10.1. The molecule has 0 atom stereocenters. The summed E-state index contributed by atoms with van der Waals surface area (Å²) in [4.78, 5) is 21.1. The largest absolute Gasteiger partial charge is 0.454 e. The summed E-state index contributed by atoms with van der Waals surface area (Å²) in [5.41, 5.74) is 2.28. The smallest absolute Gasteiger partial charge is 0.275 e. The molecule has 9 heteroatoms. The molecule has 1 saturated heterocycles. The van der Waals surface area contributed by atoms with Crippen LogP contribution < -0.4 is 9.47 Å². The van der Waals surface area contributed by atoms with Gasteiger partial charge in [0, 0.05) is 26.2 Å². The van der Waals surface area contributed by atoms with Crippen molar-refractivity contribution in [1.29, 1.82) is 0 Å². The molecule has 2 aromatic carbocycles. The second kappa shape index (κ2) is 9.63. The molecule has 0 unspecified atom stereocenters. The highest BCUT2D eigenvalue weighted by Gasteiger charge is 2.23. The first-order chi connectivity index (χ1) is 16.1. The van der Waals surface area contributed by atoms with E-state index in [0.717, 1.165) is 48.6 Å². The number of rotatable bonds is 7. The average Bonchev–Trinajstić information content (AvgIpc) is 3.58. The second-order valence-electron chi connectivity index (χ2n) is 8.17. The zero-order chi connectivity index (χ0) is 22.8. The lowest BCUT2D eigenvalue weighted by Gasteiger charge is -2.22. The van der Waals surface area contributed by atoms with E-state index in [9.17, 15) is 4.79 Å². The molecule has 1 aromatic heterocycles. The van der Waals surface area contributed by atoms with Crippen molar-refractivity contribution in [1.82, 2.24) is 14.8 Å². The number of amides is 1. The molecule has 0 N–H and O–H groups in total. The topological polar surface area (TPSA) is 68.0 Å². The van der Waals surface area contributed by atoms with Crippen molar-refractivity contribution in [2.45, 2.75) is 32.5 Å². The summed E-state index contributed by atoms with van der Waals surface area (Å²) in [6.07, 6.45) is 3.50. The number of carbonyl (C=O) groups excluding carboxylic acids is 1. The van der Waals surface area contributed by atoms with E-state index in [0.29, 0.717) is 41.3 Å². The molecular weight excluding hydrogens is 465 g/mol. The van der Waals surface area contributed by atoms with Gasteiger partial charge in [-0.05, 0) is 42.2 Å². The SMILES string of the molecule is O=C(c1coc(CN(Cc2ccc3c(c2)OCO3)Cc2cccc(Cl)c2Cl)n1)N1CCCC1. The standard InChI is InChI=1S/C24H23Cl2N3O4/c25-18-5-3-4-17(23(18)26)12-28(11-16-6-7-20-21(10-16)33-15-32-20)13-22-27-19(14-31-22)24(30)29-8-1-2-9-29/h3-7,10,14H,1-2,8-9,11-13,15H2. The Bertz CT molecular complexity index is 1160. The van der Waals surface area contributed by atoms with Crippen molar-refractivity contribution in [3.05, 3.63) is 75.4 Å². The molecule has 33 heavy (non-hydrogen) atoms. The number of likely N-dealkylation sites (tertiary alicyclic amines) is 1. The fraction of sp³-hybridized carbons (Fsp3) is 0.333. The Hall–Kier alpha value is -2.74. The zero-order valence-corrected chi connectivity index (χ0v) is 19.4. The van der Waals surface area contributed by atoms with Crippen LogP contribution in [0.4, 0.5) is 0 Å². The van der Waals surface area contributed by atoms with Crippen LogP contribution in [0.25, 0.3) is 0 Å². The second-order valence-corrected chi connectivity index (χ2v) is 8.96. The van der Waals surface area contributed by atoms with E-state index in [1.165, 1.54) is 6.26 Å². The Morgan fingerprint density at radius 3 is 2.70 bits per heavy atom. The van der Waals surface area contributed by atoms with Crippen molar-refractivity contribution in [2.75, 3.05) is 19.9 Å². The highest BCUT2D eigenvalue weighted by Crippen LogP contribution is 2.33. The maximum atomic E-state index is 12.7. The van der Waals surface area contributed by atoms with Crippen molar-refractivity contribution in [2.24, 2.45) is 0 Å². The summed E-state index contributed by atoms with van der Waals surface area (Å²) in [6.45, 7) is 3.26. The van der Waals surface area contributed by atoms with Crippen LogP contribution in [0.3, 0.4) is 0 Å². The number of halogens is 2. The van der Waals surface area contributed by atoms with Crippen LogP contribution in [-0.2, 0) is 19.6 Å². The van der Waals surface area contributed by atoms with Gasteiger partial charge < -0.3 is 18.8 Å². The van der Waals surface area contributed by atoms with Crippen LogP contribution in [0.15, 0.2) is 47.1 Å². The fourth-order valence-electron chi connectivity index (χ4n) is 4.13. The number of hydrogen-bond acceptors (Lipinski definition) is 6. The predicted molar refractivity (Wildman–Crippen MR) is 124 cm³/mol. The Balaban J connectivity index is 1.36. The Morgan fingerprint density at radius 2 is 1.85 bits per heavy atom. The first kappa shape index (κ1) is 22.1. The predicted octanol–water partition coefficient (Wildman–Crippen LogP) is 5.15. The molecular formula is C24H23Cl2N3O4. The number of oxazole rings is 1. The van der Waals surface area contributed by atoms with E-state index in [2.05, 4.69) is 9.88 Å². The first-order valence-electron chi connectivity index (χ1n) is 10.8. The van der Waals surface area contributed by atoms with Gasteiger partial charge in [0.2, 0.25) is 12.7 Å². The highest BCUT2D eigenvalue weighted by molar-refractivity contribution is 6.42. The molecule has 1 amide bonds.